The van der Waals surface area contributed by atoms with Crippen LogP contribution >= 0.6 is 22.9 Å². The molecule has 0 bridgehead atoms. The van der Waals surface area contributed by atoms with Gasteiger partial charge >= 0.3 is 6.18 Å². The van der Waals surface area contributed by atoms with E-state index in [1.165, 1.54) is 23.5 Å². The van der Waals surface area contributed by atoms with Crippen molar-refractivity contribution in [3.05, 3.63) is 63.2 Å². The van der Waals surface area contributed by atoms with Gasteiger partial charge in [-0.2, -0.15) is 23.2 Å². The van der Waals surface area contributed by atoms with Crippen LogP contribution in [0.3, 0.4) is 0 Å². The normalized spacial score (nSPS) is 13.2. The first-order valence-electron chi connectivity index (χ1n) is 9.88. The van der Waals surface area contributed by atoms with E-state index in [0.717, 1.165) is 12.3 Å². The fourth-order valence-electron chi connectivity index (χ4n) is 3.51. The Kier molecular flexibility index (Phi) is 6.39. The van der Waals surface area contributed by atoms with Crippen LogP contribution in [0.1, 0.15) is 18.1 Å². The number of benzene rings is 1. The zero-order chi connectivity index (χ0) is 25.7. The quantitative estimate of drug-likeness (QED) is 0.315. The molecule has 1 N–H and O–H groups in total. The number of aryl methyl sites for hydroxylation is 1. The molecule has 0 fully saturated rings. The molecule has 6 nitrogen and oxygen atoms in total. The first-order chi connectivity index (χ1) is 16.3. The molecular formula is C22H15ClF4N4O2S2. The van der Waals surface area contributed by atoms with E-state index in [-0.39, 0.29) is 17.0 Å². The number of pyridine rings is 1. The van der Waals surface area contributed by atoms with Crippen molar-refractivity contribution in [2.24, 2.45) is 0 Å². The van der Waals surface area contributed by atoms with Gasteiger partial charge in [-0.05, 0) is 55.1 Å². The van der Waals surface area contributed by atoms with Crippen molar-refractivity contribution in [2.45, 2.75) is 31.0 Å². The molecule has 0 aliphatic carbocycles. The lowest BCUT2D eigenvalue weighted by molar-refractivity contribution is -0.147. The second kappa shape index (κ2) is 8.91. The largest absolute Gasteiger partial charge is 0.404 e. The maximum absolute atomic E-state index is 14.4. The highest BCUT2D eigenvalue weighted by Crippen LogP contribution is 2.39. The summed E-state index contributed by atoms with van der Waals surface area (Å²) in [6.07, 6.45) is -3.87. The summed E-state index contributed by atoms with van der Waals surface area (Å²) in [7, 11) is -4.53. The number of nitrogens with one attached hydrogen (secondary N) is 1. The smallest absolute Gasteiger partial charge is 0.304 e. The number of halogens is 5. The van der Waals surface area contributed by atoms with Gasteiger partial charge in [0.2, 0.25) is 10.0 Å². The molecule has 4 rings (SSSR count). The SMILES string of the molecule is Cc1cc2c(cc1F)c(C#N)c(-c1ccc(S(=O)(=O)N[C@@H](C)C(F)(F)F)cn1)n2-c1ccsc1Cl. The van der Waals surface area contributed by atoms with E-state index in [9.17, 15) is 31.2 Å². The lowest BCUT2D eigenvalue weighted by Gasteiger charge is -2.17. The Balaban J connectivity index is 1.91. The minimum absolute atomic E-state index is 0.0769. The van der Waals surface area contributed by atoms with Crippen molar-refractivity contribution in [3.63, 3.8) is 0 Å². The fraction of sp³-hybridized carbons (Fsp3) is 0.182. The number of nitrogens with zero attached hydrogens (tertiary/aromatic N) is 3. The van der Waals surface area contributed by atoms with Gasteiger partial charge in [-0.25, -0.2) is 12.8 Å². The zero-order valence-corrected chi connectivity index (χ0v) is 20.4. The van der Waals surface area contributed by atoms with Gasteiger partial charge < -0.3 is 4.57 Å². The minimum atomic E-state index is -4.77. The summed E-state index contributed by atoms with van der Waals surface area (Å²) in [4.78, 5) is 3.64. The minimum Gasteiger partial charge on any atom is -0.304 e. The Hall–Kier alpha value is -2.98. The van der Waals surface area contributed by atoms with E-state index in [2.05, 4.69) is 11.1 Å². The Morgan fingerprint density at radius 2 is 1.97 bits per heavy atom. The van der Waals surface area contributed by atoms with Crippen LogP contribution in [0.4, 0.5) is 17.6 Å². The monoisotopic (exact) mass is 542 g/mol. The number of hydrogen-bond donors (Lipinski definition) is 1. The number of nitriles is 1. The molecular weight excluding hydrogens is 528 g/mol. The second-order valence-electron chi connectivity index (χ2n) is 7.63. The molecule has 4 aromatic rings. The molecule has 182 valence electrons. The van der Waals surface area contributed by atoms with Crippen LogP contribution in [0.15, 0.2) is 46.8 Å². The predicted octanol–water partition coefficient (Wildman–Crippen LogP) is 5.96. The van der Waals surface area contributed by atoms with Gasteiger partial charge in [0, 0.05) is 11.6 Å². The first kappa shape index (κ1) is 25.1. The van der Waals surface area contributed by atoms with E-state index in [1.807, 2.05) is 0 Å². The summed E-state index contributed by atoms with van der Waals surface area (Å²) >= 11 is 7.61. The molecule has 0 aliphatic rings. The highest BCUT2D eigenvalue weighted by Gasteiger charge is 2.39. The van der Waals surface area contributed by atoms with Crippen molar-refractivity contribution in [3.8, 4) is 23.1 Å². The summed E-state index contributed by atoms with van der Waals surface area (Å²) in [5.41, 5.74) is 1.76. The number of fused-ring (bicyclic) bond motifs is 1. The molecule has 0 saturated heterocycles. The molecule has 1 atom stereocenters. The molecule has 1 aromatic carbocycles. The van der Waals surface area contributed by atoms with Crippen LogP contribution < -0.4 is 4.72 Å². The van der Waals surface area contributed by atoms with Crippen LogP contribution in [0.2, 0.25) is 4.34 Å². The molecule has 13 heteroatoms. The van der Waals surface area contributed by atoms with Crippen molar-refractivity contribution in [1.29, 1.82) is 5.26 Å². The second-order valence-corrected chi connectivity index (χ2v) is 10.9. The molecule has 0 aliphatic heterocycles. The average molecular weight is 543 g/mol. The van der Waals surface area contributed by atoms with E-state index in [0.29, 0.717) is 33.4 Å². The lowest BCUT2D eigenvalue weighted by atomic mass is 10.1. The zero-order valence-electron chi connectivity index (χ0n) is 18.0. The van der Waals surface area contributed by atoms with Crippen molar-refractivity contribution >= 4 is 43.9 Å². The van der Waals surface area contributed by atoms with Crippen LogP contribution in [-0.4, -0.2) is 30.2 Å². The van der Waals surface area contributed by atoms with Gasteiger partial charge in [-0.3, -0.25) is 4.98 Å². The van der Waals surface area contributed by atoms with E-state index in [1.54, 1.807) is 33.7 Å². The number of aromatic nitrogens is 2. The van der Waals surface area contributed by atoms with E-state index >= 15 is 0 Å². The number of thiophene rings is 1. The predicted molar refractivity (Wildman–Crippen MR) is 125 cm³/mol. The fourth-order valence-corrected chi connectivity index (χ4v) is 5.58. The van der Waals surface area contributed by atoms with Crippen LogP contribution in [0.5, 0.6) is 0 Å². The van der Waals surface area contributed by atoms with E-state index in [4.69, 9.17) is 11.6 Å². The van der Waals surface area contributed by atoms with E-state index < -0.39 is 33.0 Å². The average Bonchev–Trinajstić information content (AvgIpc) is 3.33. The summed E-state index contributed by atoms with van der Waals surface area (Å²) in [5.74, 6) is -0.520. The number of hydrogen-bond acceptors (Lipinski definition) is 5. The summed E-state index contributed by atoms with van der Waals surface area (Å²) < 4.78 is 81.2. The molecule has 3 aromatic heterocycles. The maximum Gasteiger partial charge on any atom is 0.404 e. The van der Waals surface area contributed by atoms with Gasteiger partial charge in [-0.15, -0.1) is 11.3 Å². The Bertz CT molecular complexity index is 1590. The van der Waals surface area contributed by atoms with Crippen molar-refractivity contribution in [2.75, 3.05) is 0 Å². The van der Waals surface area contributed by atoms with Gasteiger partial charge in [0.05, 0.1) is 28.2 Å². The topological polar surface area (TPSA) is 87.8 Å². The van der Waals surface area contributed by atoms with Gasteiger partial charge in [-0.1, -0.05) is 11.6 Å². The van der Waals surface area contributed by atoms with Crippen LogP contribution in [0, 0.1) is 24.1 Å². The Morgan fingerprint density at radius 1 is 1.26 bits per heavy atom. The number of sulfonamides is 1. The van der Waals surface area contributed by atoms with Gasteiger partial charge in [0.25, 0.3) is 0 Å². The number of alkyl halides is 3. The summed E-state index contributed by atoms with van der Waals surface area (Å²) in [6.45, 7) is 2.25. The third kappa shape index (κ3) is 4.52. The molecule has 0 amide bonds. The van der Waals surface area contributed by atoms with Crippen LogP contribution in [-0.2, 0) is 10.0 Å². The molecule has 3 heterocycles. The van der Waals surface area contributed by atoms with Crippen LogP contribution in [0.25, 0.3) is 28.0 Å². The Morgan fingerprint density at radius 3 is 2.51 bits per heavy atom. The highest BCUT2D eigenvalue weighted by molar-refractivity contribution is 7.89. The summed E-state index contributed by atoms with van der Waals surface area (Å²) in [6, 6.07) is 6.58. The standard InChI is InChI=1S/C22H15ClF4N4O2S2/c1-11-7-19-14(8-16(11)24)15(9-28)20(31(19)18-5-6-34-21(18)23)17-4-3-13(10-29-17)35(32,33)30-12(2)22(25,26)27/h3-8,10,12,30H,1-2H3/t12-/m0/s1. The van der Waals surface area contributed by atoms with Gasteiger partial charge in [0.1, 0.15) is 27.2 Å². The lowest BCUT2D eigenvalue weighted by Crippen LogP contribution is -2.42. The van der Waals surface area contributed by atoms with Crippen molar-refractivity contribution < 1.29 is 26.0 Å². The maximum atomic E-state index is 14.4. The molecule has 0 spiro atoms. The molecule has 0 radical (unpaired) electrons. The third-order valence-electron chi connectivity index (χ3n) is 5.31. The summed E-state index contributed by atoms with van der Waals surface area (Å²) in [5, 5.41) is 11.9. The van der Waals surface area contributed by atoms with Gasteiger partial charge in [0.15, 0.2) is 0 Å². The molecule has 0 saturated carbocycles. The highest BCUT2D eigenvalue weighted by atomic mass is 35.5. The Labute approximate surface area is 206 Å². The van der Waals surface area contributed by atoms with Crippen molar-refractivity contribution in [1.82, 2.24) is 14.3 Å². The third-order valence-corrected chi connectivity index (χ3v) is 7.99. The molecule has 0 unspecified atom stereocenters. The first-order valence-corrected chi connectivity index (χ1v) is 12.6. The molecule has 35 heavy (non-hydrogen) atoms. The number of rotatable bonds is 5.